The molecule has 0 unspecified atom stereocenters. The number of nitrogens with one attached hydrogen (secondary N) is 2. The van der Waals surface area contributed by atoms with Crippen LogP contribution in [0.5, 0.6) is 5.75 Å². The van der Waals surface area contributed by atoms with E-state index in [0.29, 0.717) is 11.3 Å². The van der Waals surface area contributed by atoms with E-state index in [1.165, 1.54) is 29.0 Å². The van der Waals surface area contributed by atoms with Crippen molar-refractivity contribution >= 4 is 29.2 Å². The van der Waals surface area contributed by atoms with Crippen molar-refractivity contribution in [2.75, 3.05) is 44.5 Å². The van der Waals surface area contributed by atoms with Crippen LogP contribution in [0.25, 0.3) is 0 Å². The Hall–Kier alpha value is -3.80. The second kappa shape index (κ2) is 12.4. The van der Waals surface area contributed by atoms with Crippen molar-refractivity contribution in [1.82, 2.24) is 9.80 Å². The Kier molecular flexibility index (Phi) is 9.11. The van der Waals surface area contributed by atoms with E-state index >= 15 is 0 Å². The summed E-state index contributed by atoms with van der Waals surface area (Å²) in [5.74, 6) is -0.324. The van der Waals surface area contributed by atoms with Crippen LogP contribution in [0.1, 0.15) is 42.6 Å². The molecule has 3 atom stereocenters. The lowest BCUT2D eigenvalue weighted by atomic mass is 10.0. The minimum atomic E-state index is -4.48. The van der Waals surface area contributed by atoms with Crippen LogP contribution in [0.2, 0.25) is 0 Å². The zero-order valence-corrected chi connectivity index (χ0v) is 23.5. The number of hydrogen-bond acceptors (Lipinski definition) is 5. The largest absolute Gasteiger partial charge is 0.491 e. The van der Waals surface area contributed by atoms with Crippen molar-refractivity contribution in [2.45, 2.75) is 45.0 Å². The van der Waals surface area contributed by atoms with Gasteiger partial charge in [0.1, 0.15) is 12.4 Å². The van der Waals surface area contributed by atoms with Gasteiger partial charge in [-0.25, -0.2) is 4.79 Å². The second-order valence-electron chi connectivity index (χ2n) is 10.7. The number of anilines is 2. The molecule has 1 aliphatic carbocycles. The van der Waals surface area contributed by atoms with Crippen molar-refractivity contribution < 1.29 is 37.0 Å². The molecule has 0 spiro atoms. The van der Waals surface area contributed by atoms with E-state index in [1.54, 1.807) is 32.2 Å². The van der Waals surface area contributed by atoms with E-state index in [1.807, 2.05) is 6.92 Å². The normalized spacial score (nSPS) is 22.1. The molecule has 1 heterocycles. The number of carbonyl (C=O) groups is 3. The summed E-state index contributed by atoms with van der Waals surface area (Å²) in [7, 11) is 3.18. The fraction of sp³-hybridized carbons (Fsp3) is 0.483. The molecule has 2 N–H and O–H groups in total. The number of hydrogen-bond donors (Lipinski definition) is 2. The average molecular weight is 577 g/mol. The summed E-state index contributed by atoms with van der Waals surface area (Å²) < 4.78 is 50.7. The van der Waals surface area contributed by atoms with Gasteiger partial charge in [-0.05, 0) is 56.2 Å². The van der Waals surface area contributed by atoms with Gasteiger partial charge in [-0.3, -0.25) is 9.59 Å². The van der Waals surface area contributed by atoms with Crippen LogP contribution >= 0.6 is 0 Å². The van der Waals surface area contributed by atoms with Gasteiger partial charge < -0.3 is 29.9 Å². The van der Waals surface area contributed by atoms with E-state index in [2.05, 4.69) is 10.6 Å². The van der Waals surface area contributed by atoms with Gasteiger partial charge in [0.25, 0.3) is 5.91 Å². The number of fused-ring (bicyclic) bond motifs is 1. The summed E-state index contributed by atoms with van der Waals surface area (Å²) in [5, 5.41) is 5.54. The number of nitrogens with zero attached hydrogens (tertiary/aromatic N) is 2. The Labute approximate surface area is 237 Å². The molecule has 41 heavy (non-hydrogen) atoms. The van der Waals surface area contributed by atoms with Crippen molar-refractivity contribution in [3.63, 3.8) is 0 Å². The second-order valence-corrected chi connectivity index (χ2v) is 10.7. The highest BCUT2D eigenvalue weighted by molar-refractivity contribution is 5.99. The summed E-state index contributed by atoms with van der Waals surface area (Å²) in [5.41, 5.74) is 0.194. The molecule has 0 saturated heterocycles. The maximum absolute atomic E-state index is 13.4. The Morgan fingerprint density at radius 3 is 2.27 bits per heavy atom. The van der Waals surface area contributed by atoms with Crippen LogP contribution < -0.4 is 15.4 Å². The van der Waals surface area contributed by atoms with Crippen LogP contribution in [0.15, 0.2) is 42.5 Å². The molecular formula is C29H35F3N4O5. The van der Waals surface area contributed by atoms with Crippen LogP contribution in [0, 0.1) is 11.8 Å². The summed E-state index contributed by atoms with van der Waals surface area (Å²) in [4.78, 5) is 42.1. The first kappa shape index (κ1) is 30.2. The molecule has 4 amide bonds. The topological polar surface area (TPSA) is 100 Å². The Morgan fingerprint density at radius 2 is 1.66 bits per heavy atom. The smallest absolute Gasteiger partial charge is 0.416 e. The first-order chi connectivity index (χ1) is 19.4. The van der Waals surface area contributed by atoms with Gasteiger partial charge >= 0.3 is 12.2 Å². The molecule has 12 heteroatoms. The first-order valence-corrected chi connectivity index (χ1v) is 13.5. The minimum absolute atomic E-state index is 0.00519. The summed E-state index contributed by atoms with van der Waals surface area (Å²) in [6.45, 7) is 4.14. The van der Waals surface area contributed by atoms with Gasteiger partial charge in [-0.1, -0.05) is 6.92 Å². The van der Waals surface area contributed by atoms with Gasteiger partial charge in [0.05, 0.1) is 23.3 Å². The highest BCUT2D eigenvalue weighted by atomic mass is 19.4. The monoisotopic (exact) mass is 576 g/mol. The lowest BCUT2D eigenvalue weighted by molar-refractivity contribution is -0.137. The number of halogens is 3. The van der Waals surface area contributed by atoms with E-state index in [9.17, 15) is 27.6 Å². The highest BCUT2D eigenvalue weighted by Gasteiger charge is 2.33. The molecule has 0 aromatic heterocycles. The summed E-state index contributed by atoms with van der Waals surface area (Å²) >= 11 is 0. The summed E-state index contributed by atoms with van der Waals surface area (Å²) in [6.07, 6.45) is -3.21. The van der Waals surface area contributed by atoms with E-state index in [4.69, 9.17) is 9.47 Å². The first-order valence-electron chi connectivity index (χ1n) is 13.5. The summed E-state index contributed by atoms with van der Waals surface area (Å²) in [6, 6.07) is 8.06. The highest BCUT2D eigenvalue weighted by Crippen LogP contribution is 2.32. The van der Waals surface area contributed by atoms with Crippen molar-refractivity contribution in [1.29, 1.82) is 0 Å². The molecule has 1 fully saturated rings. The zero-order chi connectivity index (χ0) is 29.9. The van der Waals surface area contributed by atoms with Gasteiger partial charge in [-0.2, -0.15) is 13.2 Å². The van der Waals surface area contributed by atoms with E-state index in [0.717, 1.165) is 25.0 Å². The number of carbonyl (C=O) groups excluding carboxylic acids is 3. The maximum atomic E-state index is 13.4. The van der Waals surface area contributed by atoms with Gasteiger partial charge in [0, 0.05) is 56.5 Å². The molecule has 4 rings (SSSR count). The Balaban J connectivity index is 1.59. The third-order valence-electron chi connectivity index (χ3n) is 7.39. The lowest BCUT2D eigenvalue weighted by Gasteiger charge is -2.36. The minimum Gasteiger partial charge on any atom is -0.491 e. The third-order valence-corrected chi connectivity index (χ3v) is 7.39. The molecule has 2 aliphatic rings. The fourth-order valence-electron chi connectivity index (χ4n) is 4.66. The van der Waals surface area contributed by atoms with Crippen LogP contribution in [0.3, 0.4) is 0 Å². The predicted molar refractivity (Wildman–Crippen MR) is 147 cm³/mol. The molecule has 2 aromatic carbocycles. The number of ether oxygens (including phenoxy) is 2. The molecular weight excluding hydrogens is 541 g/mol. The molecule has 2 aromatic rings. The Bertz CT molecular complexity index is 1270. The number of benzene rings is 2. The molecule has 1 saturated carbocycles. The molecule has 1 aliphatic heterocycles. The fourth-order valence-corrected chi connectivity index (χ4v) is 4.66. The molecule has 9 nitrogen and oxygen atoms in total. The predicted octanol–water partition coefficient (Wildman–Crippen LogP) is 5.09. The quantitative estimate of drug-likeness (QED) is 0.528. The molecule has 222 valence electrons. The van der Waals surface area contributed by atoms with E-state index < -0.39 is 29.9 Å². The average Bonchev–Trinajstić information content (AvgIpc) is 3.78. The van der Waals surface area contributed by atoms with Gasteiger partial charge in [0.15, 0.2) is 0 Å². The van der Waals surface area contributed by atoms with E-state index in [-0.39, 0.29) is 54.8 Å². The van der Waals surface area contributed by atoms with Crippen molar-refractivity contribution in [2.24, 2.45) is 11.8 Å². The number of urea groups is 1. The molecule has 0 radical (unpaired) electrons. The van der Waals surface area contributed by atoms with Crippen LogP contribution in [-0.4, -0.2) is 73.6 Å². The third kappa shape index (κ3) is 7.49. The number of methoxy groups -OCH3 is 1. The number of alkyl halides is 3. The van der Waals surface area contributed by atoms with Crippen LogP contribution in [-0.2, 0) is 15.7 Å². The number of amides is 4. The zero-order valence-electron chi connectivity index (χ0n) is 23.5. The van der Waals surface area contributed by atoms with Crippen LogP contribution in [0.4, 0.5) is 29.3 Å². The molecule has 0 bridgehead atoms. The lowest BCUT2D eigenvalue weighted by Crippen LogP contribution is -2.50. The van der Waals surface area contributed by atoms with Gasteiger partial charge in [0.2, 0.25) is 5.91 Å². The number of likely N-dealkylation sites (N-methyl/N-ethyl adjacent to an activating group) is 1. The Morgan fingerprint density at radius 1 is 1.00 bits per heavy atom. The number of rotatable bonds is 4. The standard InChI is InChI=1S/C29H35F3N4O5/c1-17-14-36(28(39)34-21-9-7-20(8-10-21)29(30,31)32)18(2)16-41-24-13-22(33-26(37)19-5-6-19)11-12-23(24)27(38)35(3)15-25(17)40-4/h7-13,17-19,25H,5-6,14-16H2,1-4H3,(H,33,37)(H,34,39)/t17-,18-,25-/m1/s1. The SMILES string of the molecule is CO[C@@H]1CN(C)C(=O)c2ccc(NC(=O)C3CC3)cc2OC[C@@H](C)N(C(=O)Nc2ccc(C(F)(F)F)cc2)C[C@H]1C. The van der Waals surface area contributed by atoms with Crippen molar-refractivity contribution in [3.8, 4) is 5.75 Å². The maximum Gasteiger partial charge on any atom is 0.416 e. The van der Waals surface area contributed by atoms with Crippen molar-refractivity contribution in [3.05, 3.63) is 53.6 Å². The van der Waals surface area contributed by atoms with Gasteiger partial charge in [-0.15, -0.1) is 0 Å².